The van der Waals surface area contributed by atoms with Gasteiger partial charge in [-0.1, -0.05) is 6.07 Å². The first-order chi connectivity index (χ1) is 17.4. The average Bonchev–Trinajstić information content (AvgIpc) is 3.30. The minimum Gasteiger partial charge on any atom is -0.507 e. The lowest BCUT2D eigenvalue weighted by molar-refractivity contribution is 0.0950. The van der Waals surface area contributed by atoms with Crippen LogP contribution in [0.5, 0.6) is 11.6 Å². The molecule has 9 nitrogen and oxygen atoms in total. The number of rotatable bonds is 6. The molecule has 9 heteroatoms. The fraction of sp³-hybridized carbons (Fsp3) is 0.148. The zero-order valence-corrected chi connectivity index (χ0v) is 20.0. The Kier molecular flexibility index (Phi) is 6.03. The van der Waals surface area contributed by atoms with E-state index < -0.39 is 0 Å². The lowest BCUT2D eigenvalue weighted by Gasteiger charge is -2.09. The fourth-order valence-corrected chi connectivity index (χ4v) is 4.08. The van der Waals surface area contributed by atoms with E-state index in [-0.39, 0.29) is 18.2 Å². The summed E-state index contributed by atoms with van der Waals surface area (Å²) < 4.78 is 5.38. The van der Waals surface area contributed by atoms with E-state index in [0.29, 0.717) is 34.2 Å². The highest BCUT2D eigenvalue weighted by Crippen LogP contribution is 2.35. The molecule has 0 aliphatic carbocycles. The van der Waals surface area contributed by atoms with Crippen LogP contribution in [0.3, 0.4) is 0 Å². The lowest BCUT2D eigenvalue weighted by atomic mass is 10.0. The number of aromatic amines is 1. The van der Waals surface area contributed by atoms with Gasteiger partial charge in [0, 0.05) is 28.7 Å². The van der Waals surface area contributed by atoms with Crippen molar-refractivity contribution in [1.29, 1.82) is 0 Å². The van der Waals surface area contributed by atoms with Gasteiger partial charge in [0.05, 0.1) is 30.3 Å². The number of benzene rings is 2. The van der Waals surface area contributed by atoms with Crippen molar-refractivity contribution in [2.24, 2.45) is 0 Å². The molecular formula is C27H24N6O3. The number of hydrogen-bond donors (Lipinski definition) is 3. The predicted octanol–water partition coefficient (Wildman–Crippen LogP) is 4.34. The average molecular weight is 481 g/mol. The number of nitrogens with one attached hydrogen (secondary N) is 2. The number of amides is 1. The molecule has 1 amide bonds. The highest BCUT2D eigenvalue weighted by Gasteiger charge is 2.15. The van der Waals surface area contributed by atoms with Crippen molar-refractivity contribution in [2.75, 3.05) is 7.11 Å². The lowest BCUT2D eigenvalue weighted by Crippen LogP contribution is -2.24. The second kappa shape index (κ2) is 9.46. The van der Waals surface area contributed by atoms with Crippen molar-refractivity contribution in [2.45, 2.75) is 20.4 Å². The molecule has 5 rings (SSSR count). The van der Waals surface area contributed by atoms with Gasteiger partial charge in [0.25, 0.3) is 5.91 Å². The van der Waals surface area contributed by atoms with Gasteiger partial charge >= 0.3 is 0 Å². The van der Waals surface area contributed by atoms with E-state index in [2.05, 4.69) is 30.2 Å². The van der Waals surface area contributed by atoms with Gasteiger partial charge in [-0.25, -0.2) is 19.9 Å². The Morgan fingerprint density at radius 2 is 1.81 bits per heavy atom. The van der Waals surface area contributed by atoms with E-state index >= 15 is 0 Å². The third-order valence-electron chi connectivity index (χ3n) is 5.71. The van der Waals surface area contributed by atoms with E-state index in [9.17, 15) is 9.90 Å². The van der Waals surface area contributed by atoms with Crippen LogP contribution in [0.2, 0.25) is 0 Å². The molecule has 36 heavy (non-hydrogen) atoms. The van der Waals surface area contributed by atoms with Crippen molar-refractivity contribution < 1.29 is 14.6 Å². The first-order valence-corrected chi connectivity index (χ1v) is 11.3. The SMILES string of the molecule is COc1ncccc1-c1ccc(O)c(-c2nc3cc(C(=O)NCc4nc(C)cc(C)n4)ccc3[nH]2)c1. The smallest absolute Gasteiger partial charge is 0.251 e. The Morgan fingerprint density at radius 1 is 1.00 bits per heavy atom. The summed E-state index contributed by atoms with van der Waals surface area (Å²) in [5, 5.41) is 13.4. The number of pyridine rings is 1. The van der Waals surface area contributed by atoms with Gasteiger partial charge in [-0.05, 0) is 67.9 Å². The minimum absolute atomic E-state index is 0.0760. The number of methoxy groups -OCH3 is 1. The molecule has 0 fully saturated rings. The summed E-state index contributed by atoms with van der Waals surface area (Å²) in [6.45, 7) is 4.01. The van der Waals surface area contributed by atoms with Crippen LogP contribution in [0.1, 0.15) is 27.6 Å². The third kappa shape index (κ3) is 4.58. The van der Waals surface area contributed by atoms with Gasteiger partial charge < -0.3 is 20.1 Å². The maximum Gasteiger partial charge on any atom is 0.251 e. The van der Waals surface area contributed by atoms with Crippen molar-refractivity contribution >= 4 is 16.9 Å². The molecule has 0 aliphatic rings. The van der Waals surface area contributed by atoms with Crippen LogP contribution in [-0.4, -0.2) is 43.0 Å². The van der Waals surface area contributed by atoms with Gasteiger partial charge in [0.15, 0.2) is 0 Å². The summed E-state index contributed by atoms with van der Waals surface area (Å²) in [5.41, 5.74) is 5.64. The van der Waals surface area contributed by atoms with Crippen LogP contribution in [-0.2, 0) is 6.54 Å². The van der Waals surface area contributed by atoms with Crippen molar-refractivity contribution in [3.63, 3.8) is 0 Å². The zero-order valence-electron chi connectivity index (χ0n) is 20.0. The number of phenolic OH excluding ortho intramolecular Hbond substituents is 1. The van der Waals surface area contributed by atoms with Gasteiger partial charge in [-0.2, -0.15) is 0 Å². The maximum atomic E-state index is 12.8. The number of H-pyrrole nitrogens is 1. The number of hydrogen-bond acceptors (Lipinski definition) is 7. The quantitative estimate of drug-likeness (QED) is 0.330. The van der Waals surface area contributed by atoms with Crippen LogP contribution in [0, 0.1) is 13.8 Å². The van der Waals surface area contributed by atoms with Crippen molar-refractivity contribution in [3.05, 3.63) is 83.6 Å². The Labute approximate surface area is 207 Å². The zero-order chi connectivity index (χ0) is 25.2. The van der Waals surface area contributed by atoms with Gasteiger partial charge in [-0.15, -0.1) is 0 Å². The molecular weight excluding hydrogens is 456 g/mol. The predicted molar refractivity (Wildman–Crippen MR) is 136 cm³/mol. The van der Waals surface area contributed by atoms with Crippen LogP contribution in [0.25, 0.3) is 33.5 Å². The second-order valence-electron chi connectivity index (χ2n) is 8.36. The standard InChI is InChI=1S/C27H24N6O3/c1-15-11-16(2)31-24(30-15)14-29-26(35)18-6-8-21-22(13-18)33-25(32-21)20-12-17(7-9-23(20)34)19-5-4-10-28-27(19)36-3/h4-13,34H,14H2,1-3H3,(H,29,35)(H,32,33). The van der Waals surface area contributed by atoms with Gasteiger partial charge in [0.1, 0.15) is 17.4 Å². The number of nitrogens with zero attached hydrogens (tertiary/aromatic N) is 4. The molecule has 180 valence electrons. The molecule has 0 aliphatic heterocycles. The van der Waals surface area contributed by atoms with Crippen molar-refractivity contribution in [1.82, 2.24) is 30.2 Å². The Balaban J connectivity index is 1.42. The minimum atomic E-state index is -0.252. The Bertz CT molecular complexity index is 1570. The topological polar surface area (TPSA) is 126 Å². The number of carbonyl (C=O) groups is 1. The first kappa shape index (κ1) is 23.0. The Hall–Kier alpha value is -4.79. The number of aromatic nitrogens is 5. The van der Waals surface area contributed by atoms with E-state index in [1.165, 1.54) is 0 Å². The van der Waals surface area contributed by atoms with Crippen LogP contribution in [0.4, 0.5) is 0 Å². The molecule has 0 spiro atoms. The van der Waals surface area contributed by atoms with Gasteiger partial charge in [-0.3, -0.25) is 4.79 Å². The number of aromatic hydroxyl groups is 1. The summed E-state index contributed by atoms with van der Waals surface area (Å²) in [6.07, 6.45) is 1.66. The number of fused-ring (bicyclic) bond motifs is 1. The number of imidazole rings is 1. The third-order valence-corrected chi connectivity index (χ3v) is 5.71. The molecule has 2 aromatic carbocycles. The molecule has 0 saturated heterocycles. The number of aryl methyl sites for hydroxylation is 2. The number of phenols is 1. The number of carbonyl (C=O) groups excluding carboxylic acids is 1. The van der Waals surface area contributed by atoms with Crippen LogP contribution < -0.4 is 10.1 Å². The largest absolute Gasteiger partial charge is 0.507 e. The molecule has 3 aromatic heterocycles. The maximum absolute atomic E-state index is 12.8. The van der Waals surface area contributed by atoms with Crippen LogP contribution in [0.15, 0.2) is 60.8 Å². The Morgan fingerprint density at radius 3 is 2.58 bits per heavy atom. The molecule has 3 heterocycles. The monoisotopic (exact) mass is 480 g/mol. The fourth-order valence-electron chi connectivity index (χ4n) is 4.08. The first-order valence-electron chi connectivity index (χ1n) is 11.3. The summed E-state index contributed by atoms with van der Waals surface area (Å²) in [7, 11) is 1.56. The van der Waals surface area contributed by atoms with E-state index in [1.807, 2.05) is 38.1 Å². The van der Waals surface area contributed by atoms with E-state index in [0.717, 1.165) is 28.0 Å². The summed E-state index contributed by atoms with van der Waals surface area (Å²) >= 11 is 0. The highest BCUT2D eigenvalue weighted by atomic mass is 16.5. The van der Waals surface area contributed by atoms with Crippen LogP contribution >= 0.6 is 0 Å². The normalized spacial score (nSPS) is 11.0. The van der Waals surface area contributed by atoms with E-state index in [4.69, 9.17) is 4.74 Å². The molecule has 5 aromatic rings. The summed E-state index contributed by atoms with van der Waals surface area (Å²) in [6, 6.07) is 16.1. The molecule has 0 saturated carbocycles. The molecule has 3 N–H and O–H groups in total. The second-order valence-corrected chi connectivity index (χ2v) is 8.36. The highest BCUT2D eigenvalue weighted by molar-refractivity contribution is 5.97. The van der Waals surface area contributed by atoms with E-state index in [1.54, 1.807) is 43.6 Å². The molecule has 0 radical (unpaired) electrons. The van der Waals surface area contributed by atoms with Gasteiger partial charge in [0.2, 0.25) is 5.88 Å². The molecule has 0 unspecified atom stereocenters. The summed E-state index contributed by atoms with van der Waals surface area (Å²) in [5.74, 6) is 1.35. The molecule has 0 atom stereocenters. The summed E-state index contributed by atoms with van der Waals surface area (Å²) in [4.78, 5) is 33.6. The van der Waals surface area contributed by atoms with Crippen molar-refractivity contribution in [3.8, 4) is 34.1 Å². The number of ether oxygens (including phenoxy) is 1. The molecule has 0 bridgehead atoms.